The second-order valence-corrected chi connectivity index (χ2v) is 8.84. The van der Waals surface area contributed by atoms with E-state index in [1.807, 2.05) is 6.07 Å². The first-order valence-electron chi connectivity index (χ1n) is 8.74. The fraction of sp³-hybridized carbons (Fsp3) is 0.150. The Labute approximate surface area is 170 Å². The van der Waals surface area contributed by atoms with Crippen LogP contribution < -0.4 is 9.80 Å². The molecule has 2 heterocycles. The van der Waals surface area contributed by atoms with E-state index in [-0.39, 0.29) is 22.8 Å². The van der Waals surface area contributed by atoms with Crippen LogP contribution in [0.1, 0.15) is 0 Å². The number of hydrogen-bond acceptors (Lipinski definition) is 5. The van der Waals surface area contributed by atoms with Gasteiger partial charge in [0.05, 0.1) is 29.4 Å². The van der Waals surface area contributed by atoms with Crippen LogP contribution in [0.5, 0.6) is 0 Å². The molecule has 10 heteroatoms. The first-order chi connectivity index (χ1) is 14.2. The van der Waals surface area contributed by atoms with Gasteiger partial charge in [0.25, 0.3) is 0 Å². The van der Waals surface area contributed by atoms with E-state index in [1.54, 1.807) is 6.07 Å². The minimum atomic E-state index is -3.51. The van der Waals surface area contributed by atoms with Crippen molar-refractivity contribution in [1.82, 2.24) is 4.98 Å². The predicted molar refractivity (Wildman–Crippen MR) is 106 cm³/mol. The molecule has 3 aromatic rings. The monoisotopic (exact) mass is 428 g/mol. The lowest BCUT2D eigenvalue weighted by Gasteiger charge is -2.21. The van der Waals surface area contributed by atoms with Gasteiger partial charge in [-0.2, -0.15) is 5.26 Å². The second-order valence-electron chi connectivity index (χ2n) is 6.82. The van der Waals surface area contributed by atoms with Gasteiger partial charge in [0.1, 0.15) is 6.04 Å². The number of pyridine rings is 1. The fourth-order valence-corrected chi connectivity index (χ4v) is 4.03. The molecule has 0 N–H and O–H groups in total. The second kappa shape index (κ2) is 7.03. The molecule has 0 spiro atoms. The zero-order chi connectivity index (χ0) is 21.6. The van der Waals surface area contributed by atoms with Gasteiger partial charge in [-0.15, -0.1) is 0 Å². The summed E-state index contributed by atoms with van der Waals surface area (Å²) in [6, 6.07) is 7.91. The number of urea groups is 1. The Morgan fingerprint density at radius 1 is 1.13 bits per heavy atom. The Hall–Kier alpha value is -3.58. The van der Waals surface area contributed by atoms with Crippen LogP contribution in [0.25, 0.3) is 10.8 Å². The molecular weight excluding hydrogens is 414 g/mol. The van der Waals surface area contributed by atoms with Crippen molar-refractivity contribution in [2.45, 2.75) is 10.9 Å². The van der Waals surface area contributed by atoms with Crippen molar-refractivity contribution in [3.63, 3.8) is 0 Å². The topological polar surface area (TPSA) is 94.4 Å². The van der Waals surface area contributed by atoms with Crippen LogP contribution in [0, 0.1) is 23.0 Å². The Morgan fingerprint density at radius 3 is 2.57 bits per heavy atom. The molecule has 7 nitrogen and oxygen atoms in total. The van der Waals surface area contributed by atoms with E-state index < -0.39 is 33.5 Å². The molecule has 30 heavy (non-hydrogen) atoms. The Kier molecular flexibility index (Phi) is 4.63. The van der Waals surface area contributed by atoms with Crippen molar-refractivity contribution in [3.8, 4) is 6.07 Å². The summed E-state index contributed by atoms with van der Waals surface area (Å²) in [7, 11) is -3.51. The largest absolute Gasteiger partial charge is 0.330 e. The Balaban J connectivity index is 1.85. The lowest BCUT2D eigenvalue weighted by atomic mass is 10.1. The minimum Gasteiger partial charge on any atom is -0.291 e. The number of fused-ring (bicyclic) bond motifs is 1. The van der Waals surface area contributed by atoms with E-state index in [4.69, 9.17) is 0 Å². The molecule has 1 aliphatic heterocycles. The normalized spacial score (nSPS) is 16.9. The van der Waals surface area contributed by atoms with Gasteiger partial charge in [-0.1, -0.05) is 6.07 Å². The van der Waals surface area contributed by atoms with E-state index in [9.17, 15) is 27.3 Å². The molecule has 1 aromatic heterocycles. The Bertz CT molecular complexity index is 1340. The van der Waals surface area contributed by atoms with E-state index in [2.05, 4.69) is 4.98 Å². The average Bonchev–Trinajstić information content (AvgIpc) is 3.04. The lowest BCUT2D eigenvalue weighted by molar-refractivity contribution is 0.255. The third kappa shape index (κ3) is 3.23. The van der Waals surface area contributed by atoms with Gasteiger partial charge in [0, 0.05) is 35.0 Å². The van der Waals surface area contributed by atoms with Crippen LogP contribution in [0.2, 0.25) is 0 Å². The molecule has 0 saturated carbocycles. The van der Waals surface area contributed by atoms with Gasteiger partial charge < -0.3 is 0 Å². The van der Waals surface area contributed by atoms with E-state index in [1.165, 1.54) is 35.5 Å². The molecule has 2 aromatic carbocycles. The fourth-order valence-electron chi connectivity index (χ4n) is 3.38. The van der Waals surface area contributed by atoms with Gasteiger partial charge in [0.2, 0.25) is 0 Å². The summed E-state index contributed by atoms with van der Waals surface area (Å²) in [5, 5.41) is 10.6. The van der Waals surface area contributed by atoms with Gasteiger partial charge >= 0.3 is 6.03 Å². The maximum atomic E-state index is 13.7. The molecule has 152 valence electrons. The number of nitriles is 1. The Morgan fingerprint density at radius 2 is 1.90 bits per heavy atom. The maximum Gasteiger partial charge on any atom is 0.330 e. The molecule has 0 unspecified atom stereocenters. The summed E-state index contributed by atoms with van der Waals surface area (Å²) in [5.74, 6) is -2.16. The standard InChI is InChI=1S/C20H14F2N4O3S/c1-30(28,29)15-4-2-12-9-24-10-19(16(12)7-15)26-14(8-23)11-25(20(26)27)13-3-5-17(21)18(22)6-13/h2-7,9-10,14H,11H2,1H3/t14-/m1/s1. The van der Waals surface area contributed by atoms with Gasteiger partial charge in [0.15, 0.2) is 21.5 Å². The summed E-state index contributed by atoms with van der Waals surface area (Å²) in [6.45, 7) is -0.0808. The smallest absolute Gasteiger partial charge is 0.291 e. The quantitative estimate of drug-likeness (QED) is 0.638. The number of amides is 2. The summed E-state index contributed by atoms with van der Waals surface area (Å²) < 4.78 is 50.9. The number of sulfone groups is 1. The zero-order valence-electron chi connectivity index (χ0n) is 15.6. The van der Waals surface area contributed by atoms with Crippen molar-refractivity contribution in [1.29, 1.82) is 5.26 Å². The van der Waals surface area contributed by atoms with Gasteiger partial charge in [-0.05, 0) is 24.3 Å². The van der Waals surface area contributed by atoms with Crippen LogP contribution in [0.15, 0.2) is 53.7 Å². The summed E-state index contributed by atoms with van der Waals surface area (Å²) in [4.78, 5) is 19.6. The highest BCUT2D eigenvalue weighted by atomic mass is 32.2. The number of benzene rings is 2. The number of carbonyl (C=O) groups excluding carboxylic acids is 1. The van der Waals surface area contributed by atoms with Gasteiger partial charge in [-0.25, -0.2) is 22.0 Å². The van der Waals surface area contributed by atoms with Crippen LogP contribution >= 0.6 is 0 Å². The maximum absolute atomic E-state index is 13.7. The molecule has 1 atom stereocenters. The van der Waals surface area contributed by atoms with Crippen LogP contribution in [-0.2, 0) is 9.84 Å². The average molecular weight is 428 g/mol. The predicted octanol–water partition coefficient (Wildman–Crippen LogP) is 3.26. The molecule has 1 saturated heterocycles. The SMILES string of the molecule is CS(=O)(=O)c1ccc2cncc(N3C(=O)N(c4ccc(F)c(F)c4)C[C@H]3C#N)c2c1. The first kappa shape index (κ1) is 19.7. The molecule has 0 aliphatic carbocycles. The summed E-state index contributed by atoms with van der Waals surface area (Å²) in [5.41, 5.74) is 0.353. The number of anilines is 2. The highest BCUT2D eigenvalue weighted by Gasteiger charge is 2.40. The van der Waals surface area contributed by atoms with Crippen molar-refractivity contribution in [2.24, 2.45) is 0 Å². The van der Waals surface area contributed by atoms with E-state index in [0.29, 0.717) is 10.8 Å². The van der Waals surface area contributed by atoms with Crippen molar-refractivity contribution in [2.75, 3.05) is 22.6 Å². The third-order valence-corrected chi connectivity index (χ3v) is 5.98. The molecule has 0 radical (unpaired) electrons. The molecule has 4 rings (SSSR count). The summed E-state index contributed by atoms with van der Waals surface area (Å²) in [6.07, 6.45) is 3.95. The summed E-state index contributed by atoms with van der Waals surface area (Å²) >= 11 is 0. The van der Waals surface area contributed by atoms with Crippen molar-refractivity contribution >= 4 is 38.0 Å². The zero-order valence-corrected chi connectivity index (χ0v) is 16.4. The van der Waals surface area contributed by atoms with Crippen LogP contribution in [-0.4, -0.2) is 38.3 Å². The number of nitrogens with zero attached hydrogens (tertiary/aromatic N) is 4. The number of rotatable bonds is 3. The number of halogens is 2. The highest BCUT2D eigenvalue weighted by molar-refractivity contribution is 7.90. The molecule has 1 aliphatic rings. The third-order valence-electron chi connectivity index (χ3n) is 4.87. The number of aromatic nitrogens is 1. The van der Waals surface area contributed by atoms with Crippen molar-refractivity contribution < 1.29 is 22.0 Å². The molecule has 0 bridgehead atoms. The highest BCUT2D eigenvalue weighted by Crippen LogP contribution is 2.34. The van der Waals surface area contributed by atoms with Crippen molar-refractivity contribution in [3.05, 3.63) is 60.4 Å². The minimum absolute atomic E-state index is 0.0556. The van der Waals surface area contributed by atoms with Crippen LogP contribution in [0.4, 0.5) is 25.0 Å². The van der Waals surface area contributed by atoms with Gasteiger partial charge in [-0.3, -0.25) is 14.8 Å². The molecule has 2 amide bonds. The number of carbonyl (C=O) groups is 1. The van der Waals surface area contributed by atoms with E-state index >= 15 is 0 Å². The number of hydrogen-bond donors (Lipinski definition) is 0. The molecular formula is C20H14F2N4O3S. The van der Waals surface area contributed by atoms with E-state index in [0.717, 1.165) is 23.3 Å². The lowest BCUT2D eigenvalue weighted by Crippen LogP contribution is -2.34. The molecule has 1 fully saturated rings. The van der Waals surface area contributed by atoms with Crippen LogP contribution in [0.3, 0.4) is 0 Å². The first-order valence-corrected chi connectivity index (χ1v) is 10.6.